The first-order valence-electron chi connectivity index (χ1n) is 6.34. The van der Waals surface area contributed by atoms with Crippen LogP contribution < -0.4 is 5.32 Å². The van der Waals surface area contributed by atoms with Gasteiger partial charge in [0.1, 0.15) is 6.04 Å². The summed E-state index contributed by atoms with van der Waals surface area (Å²) in [7, 11) is 0. The molecule has 0 aliphatic heterocycles. The van der Waals surface area contributed by atoms with E-state index >= 15 is 0 Å². The van der Waals surface area contributed by atoms with Gasteiger partial charge in [-0.15, -0.1) is 0 Å². The Bertz CT molecular complexity index is 435. The molecule has 2 atom stereocenters. The van der Waals surface area contributed by atoms with E-state index in [1.165, 1.54) is 0 Å². The van der Waals surface area contributed by atoms with Crippen LogP contribution in [0.1, 0.15) is 26.2 Å². The summed E-state index contributed by atoms with van der Waals surface area (Å²) in [5.74, 6) is -0.543. The van der Waals surface area contributed by atoms with E-state index in [-0.39, 0.29) is 18.6 Å². The standard InChI is InChI=1S/C15H21NO3/c1-10-5-4-6-13(9-10)12(3)16-14(15(18)19)8-7-11(2)17/h4,6,9-10,14,16-17H,2-3,5,7-8H2,1H3,(H,18,19). The number of aliphatic hydroxyl groups is 1. The molecule has 0 aromatic rings. The van der Waals surface area contributed by atoms with E-state index in [9.17, 15) is 4.79 Å². The lowest BCUT2D eigenvalue weighted by atomic mass is 9.96. The summed E-state index contributed by atoms with van der Waals surface area (Å²) in [5.41, 5.74) is 1.52. The van der Waals surface area contributed by atoms with Gasteiger partial charge >= 0.3 is 5.97 Å². The van der Waals surface area contributed by atoms with Crippen molar-refractivity contribution in [3.05, 3.63) is 48.4 Å². The molecule has 0 aromatic carbocycles. The third-order valence-corrected chi connectivity index (χ3v) is 2.99. The van der Waals surface area contributed by atoms with Crippen LogP contribution in [0.2, 0.25) is 0 Å². The maximum Gasteiger partial charge on any atom is 0.326 e. The van der Waals surface area contributed by atoms with Crippen LogP contribution in [-0.4, -0.2) is 22.2 Å². The normalized spacial score (nSPS) is 19.4. The number of carboxylic acids is 1. The van der Waals surface area contributed by atoms with Gasteiger partial charge in [0.25, 0.3) is 0 Å². The maximum atomic E-state index is 11.1. The summed E-state index contributed by atoms with van der Waals surface area (Å²) in [4.78, 5) is 11.1. The molecule has 0 bridgehead atoms. The molecule has 1 aliphatic rings. The third-order valence-electron chi connectivity index (χ3n) is 2.99. The highest BCUT2D eigenvalue weighted by Crippen LogP contribution is 2.20. The third kappa shape index (κ3) is 5.04. The van der Waals surface area contributed by atoms with Gasteiger partial charge in [-0.05, 0) is 24.3 Å². The topological polar surface area (TPSA) is 69.6 Å². The molecule has 0 aromatic heterocycles. The number of carbonyl (C=O) groups is 1. The first-order valence-corrected chi connectivity index (χ1v) is 6.34. The van der Waals surface area contributed by atoms with E-state index in [0.717, 1.165) is 12.0 Å². The second-order valence-corrected chi connectivity index (χ2v) is 4.86. The van der Waals surface area contributed by atoms with Crippen LogP contribution in [-0.2, 0) is 4.79 Å². The first-order chi connectivity index (χ1) is 8.90. The number of hydrogen-bond donors (Lipinski definition) is 3. The SMILES string of the molecule is C=C(O)CCC(NC(=C)C1=CC(C)CC=C1)C(=O)O. The van der Waals surface area contributed by atoms with Crippen LogP contribution in [0.4, 0.5) is 0 Å². The largest absolute Gasteiger partial charge is 0.513 e. The summed E-state index contributed by atoms with van der Waals surface area (Å²) < 4.78 is 0. The van der Waals surface area contributed by atoms with Gasteiger partial charge < -0.3 is 15.5 Å². The predicted octanol–water partition coefficient (Wildman–Crippen LogP) is 2.92. The molecule has 1 rings (SSSR count). The zero-order valence-corrected chi connectivity index (χ0v) is 11.2. The number of rotatable bonds is 7. The molecule has 0 fully saturated rings. The van der Waals surface area contributed by atoms with Crippen LogP contribution in [0.5, 0.6) is 0 Å². The molecule has 3 N–H and O–H groups in total. The minimum absolute atomic E-state index is 0.0101. The Morgan fingerprint density at radius 1 is 1.53 bits per heavy atom. The second kappa shape index (κ2) is 6.83. The zero-order chi connectivity index (χ0) is 14.4. The molecular formula is C15H21NO3. The van der Waals surface area contributed by atoms with E-state index < -0.39 is 12.0 Å². The van der Waals surface area contributed by atoms with Crippen molar-refractivity contribution in [2.45, 2.75) is 32.2 Å². The van der Waals surface area contributed by atoms with Crippen LogP contribution in [0, 0.1) is 5.92 Å². The van der Waals surface area contributed by atoms with Crippen molar-refractivity contribution in [2.24, 2.45) is 5.92 Å². The molecule has 0 saturated heterocycles. The van der Waals surface area contributed by atoms with Crippen molar-refractivity contribution in [2.75, 3.05) is 0 Å². The lowest BCUT2D eigenvalue weighted by Crippen LogP contribution is -2.36. The van der Waals surface area contributed by atoms with Crippen molar-refractivity contribution in [1.82, 2.24) is 5.32 Å². The minimum atomic E-state index is -0.962. The minimum Gasteiger partial charge on any atom is -0.513 e. The molecule has 0 spiro atoms. The molecule has 0 amide bonds. The van der Waals surface area contributed by atoms with Crippen LogP contribution >= 0.6 is 0 Å². The zero-order valence-electron chi connectivity index (χ0n) is 11.2. The highest BCUT2D eigenvalue weighted by molar-refractivity contribution is 5.74. The van der Waals surface area contributed by atoms with Crippen LogP contribution in [0.25, 0.3) is 0 Å². The molecule has 0 heterocycles. The number of hydrogen-bond acceptors (Lipinski definition) is 3. The van der Waals surface area contributed by atoms with Crippen LogP contribution in [0.15, 0.2) is 48.4 Å². The van der Waals surface area contributed by atoms with E-state index in [2.05, 4.69) is 37.6 Å². The Hall–Kier alpha value is -1.97. The molecule has 4 heteroatoms. The molecular weight excluding hydrogens is 242 g/mol. The summed E-state index contributed by atoms with van der Waals surface area (Å²) >= 11 is 0. The molecule has 0 radical (unpaired) electrons. The average Bonchev–Trinajstić information content (AvgIpc) is 2.33. The van der Waals surface area contributed by atoms with Gasteiger partial charge in [0.2, 0.25) is 0 Å². The van der Waals surface area contributed by atoms with Crippen molar-refractivity contribution in [3.63, 3.8) is 0 Å². The summed E-state index contributed by atoms with van der Waals surface area (Å²) in [6, 6.07) is -0.775. The second-order valence-electron chi connectivity index (χ2n) is 4.86. The molecule has 104 valence electrons. The predicted molar refractivity (Wildman–Crippen MR) is 75.7 cm³/mol. The Kier molecular flexibility index (Phi) is 5.42. The van der Waals surface area contributed by atoms with Crippen molar-refractivity contribution in [3.8, 4) is 0 Å². The van der Waals surface area contributed by atoms with Crippen molar-refractivity contribution >= 4 is 5.97 Å². The summed E-state index contributed by atoms with van der Waals surface area (Å²) in [5, 5.41) is 21.1. The van der Waals surface area contributed by atoms with Gasteiger partial charge in [0.15, 0.2) is 0 Å². The highest BCUT2D eigenvalue weighted by atomic mass is 16.4. The molecule has 2 unspecified atom stereocenters. The Morgan fingerprint density at radius 2 is 2.21 bits per heavy atom. The van der Waals surface area contributed by atoms with E-state index in [1.54, 1.807) is 0 Å². The monoisotopic (exact) mass is 263 g/mol. The van der Waals surface area contributed by atoms with Gasteiger partial charge in [-0.2, -0.15) is 0 Å². The molecule has 0 saturated carbocycles. The van der Waals surface area contributed by atoms with Gasteiger partial charge in [0.05, 0.1) is 5.76 Å². The Labute approximate surface area is 113 Å². The van der Waals surface area contributed by atoms with Crippen LogP contribution in [0.3, 0.4) is 0 Å². The fraction of sp³-hybridized carbons (Fsp3) is 0.400. The lowest BCUT2D eigenvalue weighted by Gasteiger charge is -2.20. The molecule has 19 heavy (non-hydrogen) atoms. The van der Waals surface area contributed by atoms with E-state index in [0.29, 0.717) is 11.6 Å². The van der Waals surface area contributed by atoms with E-state index in [1.807, 2.05) is 6.08 Å². The number of aliphatic carboxylic acids is 1. The maximum absolute atomic E-state index is 11.1. The first kappa shape index (κ1) is 15.1. The van der Waals surface area contributed by atoms with Gasteiger partial charge in [-0.25, -0.2) is 4.79 Å². The van der Waals surface area contributed by atoms with Crippen molar-refractivity contribution < 1.29 is 15.0 Å². The number of nitrogens with one attached hydrogen (secondary N) is 1. The Balaban J connectivity index is 2.63. The van der Waals surface area contributed by atoms with Crippen molar-refractivity contribution in [1.29, 1.82) is 0 Å². The quantitative estimate of drug-likeness (QED) is 0.618. The average molecular weight is 263 g/mol. The fourth-order valence-electron chi connectivity index (χ4n) is 1.90. The highest BCUT2D eigenvalue weighted by Gasteiger charge is 2.19. The number of aliphatic hydroxyl groups excluding tert-OH is 1. The summed E-state index contributed by atoms with van der Waals surface area (Å²) in [6.45, 7) is 9.34. The molecule has 4 nitrogen and oxygen atoms in total. The Morgan fingerprint density at radius 3 is 2.74 bits per heavy atom. The summed E-state index contributed by atoms with van der Waals surface area (Å²) in [6.07, 6.45) is 7.58. The fourth-order valence-corrected chi connectivity index (χ4v) is 1.90. The number of carboxylic acid groups (broad SMARTS) is 1. The smallest absolute Gasteiger partial charge is 0.326 e. The van der Waals surface area contributed by atoms with Gasteiger partial charge in [-0.3, -0.25) is 0 Å². The molecule has 1 aliphatic carbocycles. The van der Waals surface area contributed by atoms with Gasteiger partial charge in [-0.1, -0.05) is 38.3 Å². The number of allylic oxidation sites excluding steroid dienone is 4. The van der Waals surface area contributed by atoms with E-state index in [4.69, 9.17) is 10.2 Å². The lowest BCUT2D eigenvalue weighted by molar-refractivity contribution is -0.139. The van der Waals surface area contributed by atoms with Gasteiger partial charge in [0, 0.05) is 12.1 Å².